The summed E-state index contributed by atoms with van der Waals surface area (Å²) in [7, 11) is 0. The Bertz CT molecular complexity index is 452. The van der Waals surface area contributed by atoms with E-state index in [1.807, 2.05) is 0 Å². The lowest BCUT2D eigenvalue weighted by Gasteiger charge is -2.29. The first-order chi connectivity index (χ1) is 13.2. The summed E-state index contributed by atoms with van der Waals surface area (Å²) in [5.41, 5.74) is 0. The third kappa shape index (κ3) is 10.9. The highest BCUT2D eigenvalue weighted by Gasteiger charge is 2.32. The Morgan fingerprint density at radius 2 is 1.67 bits per heavy atom. The molecule has 5 heteroatoms. The minimum Gasteiger partial charge on any atom is -0.464 e. The van der Waals surface area contributed by atoms with Crippen LogP contribution in [-0.2, 0) is 14.3 Å². The highest BCUT2D eigenvalue weighted by Crippen LogP contribution is 2.27. The van der Waals surface area contributed by atoms with Crippen molar-refractivity contribution in [2.75, 3.05) is 13.2 Å². The smallest absolute Gasteiger partial charge is 0.407 e. The normalized spacial score (nSPS) is 15.6. The molecule has 0 spiro atoms. The maximum absolute atomic E-state index is 12.6. The molecule has 1 fully saturated rings. The molecule has 0 aliphatic heterocycles. The van der Waals surface area contributed by atoms with E-state index in [-0.39, 0.29) is 18.5 Å². The van der Waals surface area contributed by atoms with Crippen molar-refractivity contribution in [2.45, 2.75) is 96.4 Å². The summed E-state index contributed by atoms with van der Waals surface area (Å²) in [6.07, 6.45) is 18.4. The molecule has 27 heavy (non-hydrogen) atoms. The molecule has 5 nitrogen and oxygen atoms in total. The fourth-order valence-corrected chi connectivity index (χ4v) is 3.53. The summed E-state index contributed by atoms with van der Waals surface area (Å²) in [5, 5.41) is 2.72. The molecule has 1 N–H and O–H groups in total. The van der Waals surface area contributed by atoms with E-state index in [1.54, 1.807) is 0 Å². The van der Waals surface area contributed by atoms with Gasteiger partial charge in [0, 0.05) is 6.42 Å². The first-order valence-corrected chi connectivity index (χ1v) is 10.7. The van der Waals surface area contributed by atoms with Crippen molar-refractivity contribution in [1.29, 1.82) is 0 Å². The number of unbranched alkanes of at least 4 members (excludes halogenated alkanes) is 6. The Hall–Kier alpha value is -1.70. The fraction of sp³-hybridized carbons (Fsp3) is 0.818. The number of terminal acetylenes is 1. The van der Waals surface area contributed by atoms with Crippen LogP contribution in [0, 0.1) is 18.3 Å². The van der Waals surface area contributed by atoms with Crippen LogP contribution in [0.2, 0.25) is 0 Å². The molecule has 1 aliphatic carbocycles. The largest absolute Gasteiger partial charge is 0.464 e. The Balaban J connectivity index is 2.36. The number of ether oxygens (including phenoxy) is 2. The van der Waals surface area contributed by atoms with Crippen LogP contribution in [0.25, 0.3) is 0 Å². The third-order valence-electron chi connectivity index (χ3n) is 5.12. The van der Waals surface area contributed by atoms with Gasteiger partial charge in [0.05, 0.1) is 6.61 Å². The summed E-state index contributed by atoms with van der Waals surface area (Å²) in [6, 6.07) is -0.617. The van der Waals surface area contributed by atoms with Gasteiger partial charge in [-0.1, -0.05) is 64.7 Å². The maximum atomic E-state index is 12.6. The van der Waals surface area contributed by atoms with Gasteiger partial charge in [-0.2, -0.15) is 0 Å². The first kappa shape index (κ1) is 23.3. The lowest BCUT2D eigenvalue weighted by Crippen LogP contribution is -2.47. The molecule has 1 atom stereocenters. The van der Waals surface area contributed by atoms with Gasteiger partial charge in [-0.15, -0.1) is 12.3 Å². The molecule has 0 aromatic heterocycles. The molecule has 0 heterocycles. The van der Waals surface area contributed by atoms with E-state index in [4.69, 9.17) is 15.9 Å². The molecule has 1 rings (SSSR count). The van der Waals surface area contributed by atoms with Gasteiger partial charge in [-0.25, -0.2) is 9.59 Å². The molecule has 0 radical (unpaired) electrons. The summed E-state index contributed by atoms with van der Waals surface area (Å²) in [4.78, 5) is 24.5. The van der Waals surface area contributed by atoms with Crippen LogP contribution in [0.5, 0.6) is 0 Å². The van der Waals surface area contributed by atoms with Crippen LogP contribution in [0.4, 0.5) is 4.79 Å². The quantitative estimate of drug-likeness (QED) is 0.278. The highest BCUT2D eigenvalue weighted by molar-refractivity contribution is 5.81. The summed E-state index contributed by atoms with van der Waals surface area (Å²) >= 11 is 0. The lowest BCUT2D eigenvalue weighted by molar-refractivity contribution is -0.148. The van der Waals surface area contributed by atoms with E-state index in [9.17, 15) is 9.59 Å². The molecular weight excluding hydrogens is 342 g/mol. The molecule has 0 aromatic rings. The average molecular weight is 380 g/mol. The Kier molecular flexibility index (Phi) is 13.3. The second-order valence-electron chi connectivity index (χ2n) is 7.40. The molecule has 0 bridgehead atoms. The van der Waals surface area contributed by atoms with E-state index in [0.717, 1.165) is 38.5 Å². The van der Waals surface area contributed by atoms with Gasteiger partial charge in [-0.05, 0) is 25.2 Å². The van der Waals surface area contributed by atoms with Crippen LogP contribution in [0.1, 0.15) is 90.4 Å². The molecule has 1 saturated carbocycles. The van der Waals surface area contributed by atoms with Crippen LogP contribution >= 0.6 is 0 Å². The molecule has 1 amide bonds. The summed E-state index contributed by atoms with van der Waals surface area (Å²) in [6.45, 7) is 2.79. The van der Waals surface area contributed by atoms with E-state index in [0.29, 0.717) is 13.0 Å². The fourth-order valence-electron chi connectivity index (χ4n) is 3.53. The first-order valence-electron chi connectivity index (χ1n) is 10.7. The van der Waals surface area contributed by atoms with Gasteiger partial charge in [0.1, 0.15) is 12.6 Å². The average Bonchev–Trinajstić information content (AvgIpc) is 2.69. The van der Waals surface area contributed by atoms with Gasteiger partial charge >= 0.3 is 12.1 Å². The number of rotatable bonds is 13. The van der Waals surface area contributed by atoms with Crippen molar-refractivity contribution in [3.05, 3.63) is 0 Å². The molecule has 1 aliphatic rings. The molecule has 1 unspecified atom stereocenters. The minimum absolute atomic E-state index is 0.125. The van der Waals surface area contributed by atoms with Crippen molar-refractivity contribution in [1.82, 2.24) is 5.32 Å². The monoisotopic (exact) mass is 379 g/mol. The molecule has 0 saturated heterocycles. The maximum Gasteiger partial charge on any atom is 0.407 e. The lowest BCUT2D eigenvalue weighted by atomic mass is 9.84. The zero-order valence-electron chi connectivity index (χ0n) is 17.0. The van der Waals surface area contributed by atoms with Gasteiger partial charge in [0.15, 0.2) is 0 Å². The zero-order chi connectivity index (χ0) is 19.7. The van der Waals surface area contributed by atoms with E-state index >= 15 is 0 Å². The number of carbonyl (C=O) groups excluding carboxylic acids is 2. The Morgan fingerprint density at radius 3 is 2.33 bits per heavy atom. The summed E-state index contributed by atoms with van der Waals surface area (Å²) in [5.74, 6) is 2.22. The van der Waals surface area contributed by atoms with Crippen molar-refractivity contribution in [3.8, 4) is 12.3 Å². The van der Waals surface area contributed by atoms with Crippen LogP contribution in [0.3, 0.4) is 0 Å². The van der Waals surface area contributed by atoms with E-state index in [1.165, 1.54) is 38.5 Å². The number of hydrogen-bond donors (Lipinski definition) is 1. The molecule has 154 valence electrons. The van der Waals surface area contributed by atoms with Gasteiger partial charge < -0.3 is 14.8 Å². The van der Waals surface area contributed by atoms with Crippen molar-refractivity contribution in [2.24, 2.45) is 5.92 Å². The topological polar surface area (TPSA) is 64.6 Å². The predicted octanol–water partition coefficient (Wildman–Crippen LogP) is 4.98. The third-order valence-corrected chi connectivity index (χ3v) is 5.12. The van der Waals surface area contributed by atoms with Crippen LogP contribution < -0.4 is 5.32 Å². The number of hydrogen-bond acceptors (Lipinski definition) is 4. The highest BCUT2D eigenvalue weighted by atomic mass is 16.6. The van der Waals surface area contributed by atoms with Gasteiger partial charge in [0.25, 0.3) is 0 Å². The SMILES string of the molecule is C#CCCOC(=O)NC(C(=O)OCCCCCCCCC)C1CCCCC1. The van der Waals surface area contributed by atoms with Crippen molar-refractivity contribution < 1.29 is 19.1 Å². The van der Waals surface area contributed by atoms with Gasteiger partial charge in [0.2, 0.25) is 0 Å². The van der Waals surface area contributed by atoms with Crippen LogP contribution in [-0.4, -0.2) is 31.3 Å². The Labute approximate surface area is 164 Å². The second-order valence-corrected chi connectivity index (χ2v) is 7.40. The number of amides is 1. The van der Waals surface area contributed by atoms with E-state index in [2.05, 4.69) is 18.2 Å². The predicted molar refractivity (Wildman–Crippen MR) is 107 cm³/mol. The van der Waals surface area contributed by atoms with Crippen molar-refractivity contribution >= 4 is 12.1 Å². The zero-order valence-corrected chi connectivity index (χ0v) is 17.0. The summed E-state index contributed by atoms with van der Waals surface area (Å²) < 4.78 is 10.5. The van der Waals surface area contributed by atoms with Crippen LogP contribution in [0.15, 0.2) is 0 Å². The number of nitrogens with one attached hydrogen (secondary N) is 1. The minimum atomic E-state index is -0.617. The second kappa shape index (κ2) is 15.4. The molecular formula is C22H37NO4. The van der Waals surface area contributed by atoms with E-state index < -0.39 is 12.1 Å². The number of esters is 1. The Morgan fingerprint density at radius 1 is 1.00 bits per heavy atom. The molecule has 0 aromatic carbocycles. The standard InChI is InChI=1S/C22H37NO4/c1-3-5-7-8-9-10-14-18-26-21(24)20(19-15-12-11-13-16-19)23-22(25)27-17-6-4-2/h2,19-20H,3,5-18H2,1H3,(H,23,25). The van der Waals surface area contributed by atoms with Crippen molar-refractivity contribution in [3.63, 3.8) is 0 Å². The number of carbonyl (C=O) groups is 2. The number of alkyl carbamates (subject to hydrolysis) is 1. The van der Waals surface area contributed by atoms with Gasteiger partial charge in [-0.3, -0.25) is 0 Å².